The SMILES string of the molecule is CN1CCC(N(C)c2cc(Cl)nc(SCC(=O)NC(C)(C)C)n2)CC1. The topological polar surface area (TPSA) is 61.4 Å². The number of hydrogen-bond acceptors (Lipinski definition) is 6. The van der Waals surface area contributed by atoms with Crippen molar-refractivity contribution in [2.75, 3.05) is 37.8 Å². The number of aromatic nitrogens is 2. The van der Waals surface area contributed by atoms with Crippen LogP contribution < -0.4 is 10.2 Å². The van der Waals surface area contributed by atoms with E-state index in [1.54, 1.807) is 6.07 Å². The van der Waals surface area contributed by atoms with E-state index >= 15 is 0 Å². The minimum absolute atomic E-state index is 0.0358. The van der Waals surface area contributed by atoms with Crippen molar-refractivity contribution in [3.8, 4) is 0 Å². The molecule has 140 valence electrons. The van der Waals surface area contributed by atoms with Crippen LogP contribution in [-0.2, 0) is 4.79 Å². The quantitative estimate of drug-likeness (QED) is 0.477. The summed E-state index contributed by atoms with van der Waals surface area (Å²) in [4.78, 5) is 25.3. The van der Waals surface area contributed by atoms with Crippen molar-refractivity contribution in [2.24, 2.45) is 0 Å². The highest BCUT2D eigenvalue weighted by molar-refractivity contribution is 7.99. The highest BCUT2D eigenvalue weighted by Crippen LogP contribution is 2.25. The molecule has 0 unspecified atom stereocenters. The molecule has 2 heterocycles. The molecule has 0 aliphatic carbocycles. The van der Waals surface area contributed by atoms with Gasteiger partial charge in [0.05, 0.1) is 5.75 Å². The molecule has 1 amide bonds. The summed E-state index contributed by atoms with van der Waals surface area (Å²) in [5, 5.41) is 3.87. The number of anilines is 1. The molecule has 2 rings (SSSR count). The van der Waals surface area contributed by atoms with Gasteiger partial charge in [0.15, 0.2) is 5.16 Å². The first-order valence-electron chi connectivity index (χ1n) is 8.54. The number of nitrogens with zero attached hydrogens (tertiary/aromatic N) is 4. The average Bonchev–Trinajstić information content (AvgIpc) is 2.51. The molecular formula is C17H28ClN5OS. The van der Waals surface area contributed by atoms with E-state index in [1.807, 2.05) is 20.8 Å². The Morgan fingerprint density at radius 3 is 2.64 bits per heavy atom. The minimum atomic E-state index is -0.244. The van der Waals surface area contributed by atoms with Gasteiger partial charge < -0.3 is 15.1 Å². The van der Waals surface area contributed by atoms with E-state index in [1.165, 1.54) is 11.8 Å². The van der Waals surface area contributed by atoms with Crippen molar-refractivity contribution in [3.05, 3.63) is 11.2 Å². The molecule has 25 heavy (non-hydrogen) atoms. The van der Waals surface area contributed by atoms with Crippen molar-refractivity contribution in [1.82, 2.24) is 20.2 Å². The minimum Gasteiger partial charge on any atom is -0.356 e. The molecule has 0 radical (unpaired) electrons. The van der Waals surface area contributed by atoms with E-state index in [2.05, 4.69) is 39.2 Å². The van der Waals surface area contributed by atoms with Gasteiger partial charge >= 0.3 is 0 Å². The Labute approximate surface area is 159 Å². The van der Waals surface area contributed by atoms with Crippen LogP contribution in [0.4, 0.5) is 5.82 Å². The van der Waals surface area contributed by atoms with Gasteiger partial charge in [-0.25, -0.2) is 9.97 Å². The van der Waals surface area contributed by atoms with Crippen molar-refractivity contribution >= 4 is 35.1 Å². The second kappa shape index (κ2) is 8.56. The molecule has 1 aromatic rings. The van der Waals surface area contributed by atoms with Crippen molar-refractivity contribution in [1.29, 1.82) is 0 Å². The summed E-state index contributed by atoms with van der Waals surface area (Å²) in [5.74, 6) is 1.05. The lowest BCUT2D eigenvalue weighted by Crippen LogP contribution is -2.42. The van der Waals surface area contributed by atoms with Crippen LogP contribution in [0.2, 0.25) is 5.15 Å². The van der Waals surface area contributed by atoms with Gasteiger partial charge in [-0.3, -0.25) is 4.79 Å². The largest absolute Gasteiger partial charge is 0.356 e. The molecule has 0 atom stereocenters. The van der Waals surface area contributed by atoms with Gasteiger partial charge in [0.1, 0.15) is 11.0 Å². The van der Waals surface area contributed by atoms with Crippen LogP contribution in [0, 0.1) is 0 Å². The number of halogens is 1. The summed E-state index contributed by atoms with van der Waals surface area (Å²) in [6, 6.07) is 2.24. The Morgan fingerprint density at radius 2 is 2.04 bits per heavy atom. The highest BCUT2D eigenvalue weighted by Gasteiger charge is 2.22. The van der Waals surface area contributed by atoms with E-state index in [0.29, 0.717) is 16.4 Å². The predicted octanol–water partition coefficient (Wildman–Crippen LogP) is 2.67. The first-order chi connectivity index (χ1) is 11.6. The number of carbonyl (C=O) groups excluding carboxylic acids is 1. The number of amides is 1. The smallest absolute Gasteiger partial charge is 0.230 e. The first kappa shape index (κ1) is 20.3. The van der Waals surface area contributed by atoms with E-state index in [0.717, 1.165) is 31.7 Å². The maximum atomic E-state index is 12.0. The Bertz CT molecular complexity index is 599. The number of hydrogen-bond donors (Lipinski definition) is 1. The molecule has 1 aliphatic rings. The molecule has 1 aliphatic heterocycles. The van der Waals surface area contributed by atoms with Gasteiger partial charge in [-0.05, 0) is 53.8 Å². The van der Waals surface area contributed by atoms with Gasteiger partial charge in [0.2, 0.25) is 5.91 Å². The second-order valence-corrected chi connectivity index (χ2v) is 8.89. The fourth-order valence-corrected chi connectivity index (χ4v) is 3.67. The van der Waals surface area contributed by atoms with Crippen LogP contribution >= 0.6 is 23.4 Å². The lowest BCUT2D eigenvalue weighted by Gasteiger charge is -2.35. The summed E-state index contributed by atoms with van der Waals surface area (Å²) in [5.41, 5.74) is -0.244. The second-order valence-electron chi connectivity index (χ2n) is 7.56. The molecule has 0 aromatic carbocycles. The molecule has 0 spiro atoms. The van der Waals surface area contributed by atoms with Crippen LogP contribution in [-0.4, -0.2) is 65.3 Å². The van der Waals surface area contributed by atoms with Gasteiger partial charge in [-0.2, -0.15) is 0 Å². The molecule has 1 saturated heterocycles. The van der Waals surface area contributed by atoms with Gasteiger partial charge in [-0.1, -0.05) is 23.4 Å². The number of likely N-dealkylation sites (tertiary alicyclic amines) is 1. The molecule has 8 heteroatoms. The van der Waals surface area contributed by atoms with Crippen LogP contribution in [0.1, 0.15) is 33.6 Å². The summed E-state index contributed by atoms with van der Waals surface area (Å²) in [6.07, 6.45) is 2.20. The van der Waals surface area contributed by atoms with Crippen LogP contribution in [0.3, 0.4) is 0 Å². The van der Waals surface area contributed by atoms with Crippen LogP contribution in [0.25, 0.3) is 0 Å². The maximum absolute atomic E-state index is 12.0. The van der Waals surface area contributed by atoms with Crippen LogP contribution in [0.15, 0.2) is 11.2 Å². The molecule has 1 fully saturated rings. The molecule has 1 N–H and O–H groups in total. The Balaban J connectivity index is 2.00. The maximum Gasteiger partial charge on any atom is 0.230 e. The predicted molar refractivity (Wildman–Crippen MR) is 105 cm³/mol. The van der Waals surface area contributed by atoms with Crippen molar-refractivity contribution in [3.63, 3.8) is 0 Å². The van der Waals surface area contributed by atoms with E-state index in [-0.39, 0.29) is 17.2 Å². The Hall–Kier alpha value is -1.05. The molecule has 1 aromatic heterocycles. The third-order valence-corrected chi connectivity index (χ3v) is 5.15. The van der Waals surface area contributed by atoms with E-state index in [9.17, 15) is 4.79 Å². The summed E-state index contributed by atoms with van der Waals surface area (Å²) in [6.45, 7) is 8.05. The zero-order chi connectivity index (χ0) is 18.6. The van der Waals surface area contributed by atoms with Gasteiger partial charge in [-0.15, -0.1) is 0 Å². The third kappa shape index (κ3) is 6.64. The Kier molecular flexibility index (Phi) is 6.93. The van der Waals surface area contributed by atoms with Gasteiger partial charge in [0, 0.05) is 24.7 Å². The normalized spacial score (nSPS) is 16.7. The fraction of sp³-hybridized carbons (Fsp3) is 0.706. The molecular weight excluding hydrogens is 358 g/mol. The summed E-state index contributed by atoms with van der Waals surface area (Å²) in [7, 11) is 4.20. The molecule has 0 saturated carbocycles. The van der Waals surface area contributed by atoms with Crippen molar-refractivity contribution < 1.29 is 4.79 Å². The lowest BCUT2D eigenvalue weighted by molar-refractivity contribution is -0.119. The zero-order valence-electron chi connectivity index (χ0n) is 15.7. The average molecular weight is 386 g/mol. The summed E-state index contributed by atoms with van der Waals surface area (Å²) >= 11 is 7.49. The molecule has 0 bridgehead atoms. The fourth-order valence-electron chi connectivity index (χ4n) is 2.78. The number of carbonyl (C=O) groups is 1. The van der Waals surface area contributed by atoms with E-state index < -0.39 is 0 Å². The standard InChI is InChI=1S/C17H28ClN5OS/c1-17(2,3)21-15(24)11-25-16-19-13(18)10-14(20-16)23(5)12-6-8-22(4)9-7-12/h10,12H,6-9,11H2,1-5H3,(H,21,24). The Morgan fingerprint density at radius 1 is 1.40 bits per heavy atom. The number of rotatable bonds is 5. The number of nitrogens with one attached hydrogen (secondary N) is 1. The van der Waals surface area contributed by atoms with E-state index in [4.69, 9.17) is 11.6 Å². The number of thioether (sulfide) groups is 1. The number of piperidine rings is 1. The summed E-state index contributed by atoms with van der Waals surface area (Å²) < 4.78 is 0. The third-order valence-electron chi connectivity index (χ3n) is 4.10. The monoisotopic (exact) mass is 385 g/mol. The lowest BCUT2D eigenvalue weighted by atomic mass is 10.0. The first-order valence-corrected chi connectivity index (χ1v) is 9.90. The van der Waals surface area contributed by atoms with Gasteiger partial charge in [0.25, 0.3) is 0 Å². The molecule has 6 nitrogen and oxygen atoms in total. The van der Waals surface area contributed by atoms with Crippen molar-refractivity contribution in [2.45, 2.75) is 50.4 Å². The highest BCUT2D eigenvalue weighted by atomic mass is 35.5. The van der Waals surface area contributed by atoms with Crippen LogP contribution in [0.5, 0.6) is 0 Å². The zero-order valence-corrected chi connectivity index (χ0v) is 17.2.